The molecule has 3 rings (SSSR count). The zero-order valence-corrected chi connectivity index (χ0v) is 21.1. The van der Waals surface area contributed by atoms with E-state index in [0.717, 1.165) is 12.1 Å². The molecule has 0 spiro atoms. The van der Waals surface area contributed by atoms with Gasteiger partial charge < -0.3 is 29.5 Å². The van der Waals surface area contributed by atoms with Gasteiger partial charge in [-0.05, 0) is 65.7 Å². The highest BCUT2D eigenvalue weighted by atomic mass is 19.4. The molecule has 11 heteroatoms. The van der Waals surface area contributed by atoms with Gasteiger partial charge in [0.05, 0.1) is 19.8 Å². The van der Waals surface area contributed by atoms with Gasteiger partial charge in [0.25, 0.3) is 0 Å². The molecular formula is C29H23F3O8. The Morgan fingerprint density at radius 1 is 0.775 bits per heavy atom. The van der Waals surface area contributed by atoms with Crippen LogP contribution in [0, 0.1) is 0 Å². The van der Waals surface area contributed by atoms with E-state index < -0.39 is 34.8 Å². The molecule has 0 unspecified atom stereocenters. The first-order valence-corrected chi connectivity index (χ1v) is 11.4. The number of hydrogen-bond donors (Lipinski definition) is 3. The molecule has 40 heavy (non-hydrogen) atoms. The Hall–Kier alpha value is -5.19. The van der Waals surface area contributed by atoms with Gasteiger partial charge in [-0.2, -0.15) is 13.2 Å². The van der Waals surface area contributed by atoms with Gasteiger partial charge in [-0.15, -0.1) is 0 Å². The molecule has 0 heterocycles. The van der Waals surface area contributed by atoms with Crippen LogP contribution in [0.1, 0.15) is 27.0 Å². The third kappa shape index (κ3) is 7.67. The number of alkyl halides is 3. The number of phenolic OH excluding ortho intramolecular Hbond substituents is 2. The number of halogens is 3. The second-order valence-corrected chi connectivity index (χ2v) is 8.10. The van der Waals surface area contributed by atoms with Gasteiger partial charge >= 0.3 is 12.1 Å². The van der Waals surface area contributed by atoms with Crippen LogP contribution < -0.4 is 14.2 Å². The van der Waals surface area contributed by atoms with Crippen molar-refractivity contribution in [1.82, 2.24) is 0 Å². The van der Waals surface area contributed by atoms with E-state index in [1.165, 1.54) is 62.8 Å². The molecule has 3 N–H and O–H groups in total. The van der Waals surface area contributed by atoms with Gasteiger partial charge in [0.2, 0.25) is 0 Å². The topological polar surface area (TPSA) is 123 Å². The van der Waals surface area contributed by atoms with Crippen molar-refractivity contribution in [2.24, 2.45) is 0 Å². The molecule has 0 fully saturated rings. The number of methoxy groups -OCH3 is 2. The minimum atomic E-state index is -4.69. The molecule has 0 radical (unpaired) electrons. The minimum Gasteiger partial charge on any atom is -0.508 e. The molecule has 8 nitrogen and oxygen atoms in total. The smallest absolute Gasteiger partial charge is 0.416 e. The van der Waals surface area contributed by atoms with E-state index in [9.17, 15) is 38.1 Å². The highest BCUT2D eigenvalue weighted by Crippen LogP contribution is 2.34. The number of esters is 1. The summed E-state index contributed by atoms with van der Waals surface area (Å²) < 4.78 is 53.8. The number of hydrogen-bond acceptors (Lipinski definition) is 8. The lowest BCUT2D eigenvalue weighted by Gasteiger charge is -2.12. The van der Waals surface area contributed by atoms with Crippen LogP contribution in [0.15, 0.2) is 78.6 Å². The Morgan fingerprint density at radius 2 is 1.40 bits per heavy atom. The van der Waals surface area contributed by atoms with Crippen molar-refractivity contribution in [1.29, 1.82) is 0 Å². The predicted octanol–water partition coefficient (Wildman–Crippen LogP) is 6.09. The van der Waals surface area contributed by atoms with Crippen LogP contribution in [0.5, 0.6) is 28.7 Å². The number of allylic oxidation sites excluding steroid dienone is 3. The lowest BCUT2D eigenvalue weighted by atomic mass is 10.1. The molecule has 208 valence electrons. The van der Waals surface area contributed by atoms with Crippen molar-refractivity contribution >= 4 is 23.9 Å². The number of aliphatic hydroxyl groups excluding tert-OH is 1. The standard InChI is InChI=1S/C29H23F3O8/c1-38-26-13-17(5-11-23(26)35)3-8-20(33)16-21(34)9-4-18-6-12-25(27(14-18)39-2)40-28(37)22-10-7-19(15-24(22)36)29(30,31)32/h3-16,33,35-36H,1-2H3/b8-3+,9-4+,20-16-. The summed E-state index contributed by atoms with van der Waals surface area (Å²) in [6.07, 6.45) is 1.68. The van der Waals surface area contributed by atoms with Crippen LogP contribution in [0.4, 0.5) is 13.2 Å². The van der Waals surface area contributed by atoms with E-state index in [1.807, 2.05) is 0 Å². The molecule has 0 aliphatic rings. The van der Waals surface area contributed by atoms with Crippen molar-refractivity contribution in [3.8, 4) is 28.7 Å². The molecular weight excluding hydrogens is 533 g/mol. The maximum Gasteiger partial charge on any atom is 0.416 e. The number of aromatic hydroxyl groups is 2. The van der Waals surface area contributed by atoms with Gasteiger partial charge in [0.15, 0.2) is 28.8 Å². The second-order valence-electron chi connectivity index (χ2n) is 8.10. The fourth-order valence-electron chi connectivity index (χ4n) is 3.31. The first-order chi connectivity index (χ1) is 18.9. The Labute approximate surface area is 226 Å². The average molecular weight is 556 g/mol. The molecule has 0 saturated carbocycles. The third-order valence-electron chi connectivity index (χ3n) is 5.32. The highest BCUT2D eigenvalue weighted by molar-refractivity contribution is 6.02. The lowest BCUT2D eigenvalue weighted by molar-refractivity contribution is -0.137. The van der Waals surface area contributed by atoms with Crippen LogP contribution in [0.3, 0.4) is 0 Å². The van der Waals surface area contributed by atoms with Crippen LogP contribution in [0.25, 0.3) is 12.2 Å². The SMILES string of the molecule is COc1cc(/C=C/C(O)=C/C(=O)/C=C/c2ccc(OC(=O)c3ccc(C(F)(F)F)cc3O)c(OC)c2)ccc1O. The zero-order chi connectivity index (χ0) is 29.4. The quantitative estimate of drug-likeness (QED) is 0.0952. The number of aliphatic hydroxyl groups is 1. The van der Waals surface area contributed by atoms with Crippen molar-refractivity contribution in [2.45, 2.75) is 6.18 Å². The largest absolute Gasteiger partial charge is 0.508 e. The number of benzene rings is 3. The molecule has 0 aliphatic carbocycles. The van der Waals surface area contributed by atoms with E-state index in [2.05, 4.69) is 0 Å². The second kappa shape index (κ2) is 12.6. The molecule has 0 atom stereocenters. The van der Waals surface area contributed by atoms with E-state index in [1.54, 1.807) is 12.1 Å². The predicted molar refractivity (Wildman–Crippen MR) is 140 cm³/mol. The van der Waals surface area contributed by atoms with Crippen molar-refractivity contribution in [3.63, 3.8) is 0 Å². The highest BCUT2D eigenvalue weighted by Gasteiger charge is 2.32. The van der Waals surface area contributed by atoms with Gasteiger partial charge in [-0.1, -0.05) is 24.3 Å². The van der Waals surface area contributed by atoms with Crippen LogP contribution in [-0.2, 0) is 11.0 Å². The van der Waals surface area contributed by atoms with Crippen LogP contribution in [-0.4, -0.2) is 41.3 Å². The number of rotatable bonds is 9. The molecule has 0 aromatic heterocycles. The maximum atomic E-state index is 12.8. The molecule has 3 aromatic rings. The lowest BCUT2D eigenvalue weighted by Crippen LogP contribution is -2.11. The first-order valence-electron chi connectivity index (χ1n) is 11.4. The number of phenols is 2. The van der Waals surface area contributed by atoms with E-state index in [4.69, 9.17) is 14.2 Å². The molecule has 0 saturated heterocycles. The Bertz CT molecular complexity index is 1500. The number of carbonyl (C=O) groups excluding carboxylic acids is 2. The summed E-state index contributed by atoms with van der Waals surface area (Å²) in [6.45, 7) is 0. The molecule has 0 bridgehead atoms. The van der Waals surface area contributed by atoms with E-state index in [0.29, 0.717) is 23.3 Å². The van der Waals surface area contributed by atoms with E-state index >= 15 is 0 Å². The Balaban J connectivity index is 1.68. The van der Waals surface area contributed by atoms with Gasteiger partial charge in [-0.3, -0.25) is 4.79 Å². The number of ketones is 1. The Kier molecular flexibility index (Phi) is 9.23. The molecule has 0 aliphatic heterocycles. The van der Waals surface area contributed by atoms with Gasteiger partial charge in [0, 0.05) is 6.08 Å². The first kappa shape index (κ1) is 29.4. The fourth-order valence-corrected chi connectivity index (χ4v) is 3.31. The summed E-state index contributed by atoms with van der Waals surface area (Å²) in [5.41, 5.74) is -0.530. The third-order valence-corrected chi connectivity index (χ3v) is 5.32. The summed E-state index contributed by atoms with van der Waals surface area (Å²) in [5.74, 6) is -2.68. The number of carbonyl (C=O) groups is 2. The van der Waals surface area contributed by atoms with Crippen molar-refractivity contribution in [3.05, 3.63) is 101 Å². The van der Waals surface area contributed by atoms with Gasteiger partial charge in [-0.25, -0.2) is 4.79 Å². The van der Waals surface area contributed by atoms with E-state index in [-0.39, 0.29) is 28.8 Å². The maximum absolute atomic E-state index is 12.8. The molecule has 0 amide bonds. The van der Waals surface area contributed by atoms with Crippen LogP contribution in [0.2, 0.25) is 0 Å². The van der Waals surface area contributed by atoms with Gasteiger partial charge in [0.1, 0.15) is 17.1 Å². The fraction of sp³-hybridized carbons (Fsp3) is 0.103. The molecule has 3 aromatic carbocycles. The summed E-state index contributed by atoms with van der Waals surface area (Å²) in [7, 11) is 2.69. The van der Waals surface area contributed by atoms with Crippen LogP contribution >= 0.6 is 0 Å². The minimum absolute atomic E-state index is 0.0407. The monoisotopic (exact) mass is 556 g/mol. The van der Waals surface area contributed by atoms with Crippen molar-refractivity contribution < 1.29 is 52.3 Å². The summed E-state index contributed by atoms with van der Waals surface area (Å²) in [5, 5.41) is 29.5. The summed E-state index contributed by atoms with van der Waals surface area (Å²) >= 11 is 0. The number of ether oxygens (including phenoxy) is 3. The Morgan fingerprint density at radius 3 is 2.02 bits per heavy atom. The summed E-state index contributed by atoms with van der Waals surface area (Å²) in [4.78, 5) is 24.6. The zero-order valence-electron chi connectivity index (χ0n) is 21.1. The normalized spacial score (nSPS) is 12.1. The van der Waals surface area contributed by atoms with Crippen molar-refractivity contribution in [2.75, 3.05) is 14.2 Å². The average Bonchev–Trinajstić information content (AvgIpc) is 2.91. The summed E-state index contributed by atoms with van der Waals surface area (Å²) in [6, 6.07) is 10.7.